The molecular formula is C13H13NO4. The molecule has 1 amide bonds. The fraction of sp³-hybridized carbons (Fsp3) is 0.231. The first-order valence-electron chi connectivity index (χ1n) is 5.17. The molecule has 5 nitrogen and oxygen atoms in total. The van der Waals surface area contributed by atoms with Crippen LogP contribution >= 0.6 is 0 Å². The molecule has 94 valence electrons. The van der Waals surface area contributed by atoms with Gasteiger partial charge in [0.15, 0.2) is 0 Å². The number of carboxylic acid groups (broad SMARTS) is 1. The third kappa shape index (κ3) is 3.25. The molecule has 1 N–H and O–H groups in total. The van der Waals surface area contributed by atoms with Crippen molar-refractivity contribution in [1.82, 2.24) is 4.90 Å². The van der Waals surface area contributed by atoms with Crippen LogP contribution in [0.3, 0.4) is 0 Å². The van der Waals surface area contributed by atoms with Gasteiger partial charge in [-0.1, -0.05) is 18.1 Å². The number of nitrogens with zero attached hydrogens (tertiary/aromatic N) is 1. The third-order valence-corrected chi connectivity index (χ3v) is 2.23. The second kappa shape index (κ2) is 6.30. The number of para-hydroxylation sites is 1. The number of rotatable bonds is 5. The zero-order chi connectivity index (χ0) is 13.5. The van der Waals surface area contributed by atoms with Crippen LogP contribution in [0.2, 0.25) is 0 Å². The summed E-state index contributed by atoms with van der Waals surface area (Å²) < 4.78 is 5.05. The van der Waals surface area contributed by atoms with E-state index in [1.807, 2.05) is 0 Å². The summed E-state index contributed by atoms with van der Waals surface area (Å²) in [6, 6.07) is 6.58. The van der Waals surface area contributed by atoms with Crippen molar-refractivity contribution >= 4 is 11.9 Å². The molecule has 0 aliphatic rings. The highest BCUT2D eigenvalue weighted by Crippen LogP contribution is 2.19. The number of carbonyl (C=O) groups is 2. The molecule has 0 aliphatic carbocycles. The van der Waals surface area contributed by atoms with E-state index in [0.29, 0.717) is 5.75 Å². The van der Waals surface area contributed by atoms with Gasteiger partial charge in [0, 0.05) is 0 Å². The van der Waals surface area contributed by atoms with E-state index in [4.69, 9.17) is 16.3 Å². The average molecular weight is 247 g/mol. The summed E-state index contributed by atoms with van der Waals surface area (Å²) in [4.78, 5) is 23.9. The first kappa shape index (κ1) is 13.6. The number of carbonyl (C=O) groups excluding carboxylic acids is 1. The topological polar surface area (TPSA) is 66.8 Å². The molecule has 0 bridgehead atoms. The minimum Gasteiger partial charge on any atom is -0.496 e. The fourth-order valence-corrected chi connectivity index (χ4v) is 1.46. The van der Waals surface area contributed by atoms with Gasteiger partial charge in [-0.05, 0) is 12.1 Å². The van der Waals surface area contributed by atoms with Crippen molar-refractivity contribution in [2.75, 3.05) is 20.2 Å². The first-order valence-corrected chi connectivity index (χ1v) is 5.17. The van der Waals surface area contributed by atoms with Gasteiger partial charge in [-0.3, -0.25) is 9.59 Å². The van der Waals surface area contributed by atoms with Crippen molar-refractivity contribution in [2.45, 2.75) is 0 Å². The lowest BCUT2D eigenvalue weighted by molar-refractivity contribution is -0.137. The van der Waals surface area contributed by atoms with Crippen LogP contribution in [0.1, 0.15) is 10.4 Å². The van der Waals surface area contributed by atoms with Gasteiger partial charge in [0.25, 0.3) is 5.91 Å². The van der Waals surface area contributed by atoms with Gasteiger partial charge in [-0.25, -0.2) is 0 Å². The highest BCUT2D eigenvalue weighted by molar-refractivity contribution is 5.98. The van der Waals surface area contributed by atoms with E-state index in [-0.39, 0.29) is 12.1 Å². The molecule has 1 aromatic rings. The molecule has 0 atom stereocenters. The molecule has 0 heterocycles. The van der Waals surface area contributed by atoms with Crippen LogP contribution < -0.4 is 4.74 Å². The van der Waals surface area contributed by atoms with E-state index in [0.717, 1.165) is 4.90 Å². The molecule has 0 saturated carbocycles. The predicted octanol–water partition coefficient (Wildman–Crippen LogP) is 0.855. The Hall–Kier alpha value is -2.48. The molecule has 1 aromatic carbocycles. The Morgan fingerprint density at radius 2 is 2.11 bits per heavy atom. The van der Waals surface area contributed by atoms with E-state index in [1.54, 1.807) is 24.3 Å². The SMILES string of the molecule is C#CCN(CC(=O)O)C(=O)c1ccccc1OC. The number of benzene rings is 1. The van der Waals surface area contributed by atoms with Gasteiger partial charge in [0.05, 0.1) is 19.2 Å². The summed E-state index contributed by atoms with van der Waals surface area (Å²) in [5.74, 6) is 1.06. The summed E-state index contributed by atoms with van der Waals surface area (Å²) in [6.45, 7) is -0.510. The maximum absolute atomic E-state index is 12.1. The lowest BCUT2D eigenvalue weighted by atomic mass is 10.1. The lowest BCUT2D eigenvalue weighted by Crippen LogP contribution is -2.36. The number of carboxylic acids is 1. The van der Waals surface area contributed by atoms with Gasteiger partial charge >= 0.3 is 5.97 Å². The molecule has 5 heteroatoms. The standard InChI is InChI=1S/C13H13NO4/c1-3-8-14(9-12(15)16)13(17)10-6-4-5-7-11(10)18-2/h1,4-7H,8-9H2,2H3,(H,15,16). The Morgan fingerprint density at radius 1 is 1.44 bits per heavy atom. The minimum absolute atomic E-state index is 0.0663. The van der Waals surface area contributed by atoms with Crippen molar-refractivity contribution in [3.63, 3.8) is 0 Å². The molecule has 18 heavy (non-hydrogen) atoms. The maximum atomic E-state index is 12.1. The Bertz CT molecular complexity index is 490. The van der Waals surface area contributed by atoms with Crippen molar-refractivity contribution < 1.29 is 19.4 Å². The van der Waals surface area contributed by atoms with Crippen molar-refractivity contribution in [3.05, 3.63) is 29.8 Å². The van der Waals surface area contributed by atoms with Gasteiger partial charge in [-0.2, -0.15) is 0 Å². The highest BCUT2D eigenvalue weighted by Gasteiger charge is 2.20. The summed E-state index contributed by atoms with van der Waals surface area (Å²) in [6.07, 6.45) is 5.12. The number of aliphatic carboxylic acids is 1. The zero-order valence-electron chi connectivity index (χ0n) is 9.92. The summed E-state index contributed by atoms with van der Waals surface area (Å²) in [7, 11) is 1.44. The number of terminal acetylenes is 1. The van der Waals surface area contributed by atoms with E-state index in [2.05, 4.69) is 5.92 Å². The number of methoxy groups -OCH3 is 1. The van der Waals surface area contributed by atoms with Crippen LogP contribution in [-0.4, -0.2) is 42.1 Å². The largest absolute Gasteiger partial charge is 0.496 e. The van der Waals surface area contributed by atoms with Crippen molar-refractivity contribution in [2.24, 2.45) is 0 Å². The van der Waals surface area contributed by atoms with E-state index < -0.39 is 18.4 Å². The van der Waals surface area contributed by atoms with E-state index in [9.17, 15) is 9.59 Å². The maximum Gasteiger partial charge on any atom is 0.323 e. The molecular weight excluding hydrogens is 234 g/mol. The number of ether oxygens (including phenoxy) is 1. The molecule has 0 aliphatic heterocycles. The van der Waals surface area contributed by atoms with E-state index >= 15 is 0 Å². The normalized spacial score (nSPS) is 9.33. The van der Waals surface area contributed by atoms with Crippen LogP contribution in [-0.2, 0) is 4.79 Å². The smallest absolute Gasteiger partial charge is 0.323 e. The summed E-state index contributed by atoms with van der Waals surface area (Å²) in [5.41, 5.74) is 0.288. The second-order valence-electron chi connectivity index (χ2n) is 3.46. The molecule has 0 unspecified atom stereocenters. The quantitative estimate of drug-likeness (QED) is 0.783. The van der Waals surface area contributed by atoms with Crippen molar-refractivity contribution in [1.29, 1.82) is 0 Å². The van der Waals surface area contributed by atoms with Crippen LogP contribution in [0.4, 0.5) is 0 Å². The molecule has 0 radical (unpaired) electrons. The van der Waals surface area contributed by atoms with Crippen LogP contribution in [0.15, 0.2) is 24.3 Å². The third-order valence-electron chi connectivity index (χ3n) is 2.23. The first-order chi connectivity index (χ1) is 8.60. The Kier molecular flexibility index (Phi) is 4.76. The predicted molar refractivity (Wildman–Crippen MR) is 65.4 cm³/mol. The van der Waals surface area contributed by atoms with Gasteiger partial charge in [-0.15, -0.1) is 6.42 Å². The van der Waals surface area contributed by atoms with Crippen LogP contribution in [0.5, 0.6) is 5.75 Å². The molecule has 1 rings (SSSR count). The highest BCUT2D eigenvalue weighted by atomic mass is 16.5. The fourth-order valence-electron chi connectivity index (χ4n) is 1.46. The Morgan fingerprint density at radius 3 is 2.67 bits per heavy atom. The van der Waals surface area contributed by atoms with Gasteiger partial charge in [0.1, 0.15) is 12.3 Å². The lowest BCUT2D eigenvalue weighted by Gasteiger charge is -2.19. The number of hydrogen-bond acceptors (Lipinski definition) is 3. The van der Waals surface area contributed by atoms with Gasteiger partial charge in [0.2, 0.25) is 0 Å². The van der Waals surface area contributed by atoms with E-state index in [1.165, 1.54) is 7.11 Å². The van der Waals surface area contributed by atoms with Crippen LogP contribution in [0, 0.1) is 12.3 Å². The second-order valence-corrected chi connectivity index (χ2v) is 3.46. The zero-order valence-corrected chi connectivity index (χ0v) is 9.92. The monoisotopic (exact) mass is 247 g/mol. The summed E-state index contributed by atoms with van der Waals surface area (Å²) in [5, 5.41) is 8.74. The number of hydrogen-bond donors (Lipinski definition) is 1. The molecule has 0 fully saturated rings. The van der Waals surface area contributed by atoms with Crippen LogP contribution in [0.25, 0.3) is 0 Å². The minimum atomic E-state index is -1.12. The Balaban J connectivity index is 3.02. The Labute approximate surface area is 105 Å². The summed E-state index contributed by atoms with van der Waals surface area (Å²) >= 11 is 0. The molecule has 0 aromatic heterocycles. The molecule has 0 spiro atoms. The van der Waals surface area contributed by atoms with Crippen molar-refractivity contribution in [3.8, 4) is 18.1 Å². The van der Waals surface area contributed by atoms with Gasteiger partial charge < -0.3 is 14.7 Å². The molecule has 0 saturated heterocycles. The average Bonchev–Trinajstić information content (AvgIpc) is 2.37. The number of amides is 1.